The first-order valence-electron chi connectivity index (χ1n) is 11.9. The van der Waals surface area contributed by atoms with Crippen molar-refractivity contribution >= 4 is 37.3 Å². The van der Waals surface area contributed by atoms with Crippen LogP contribution in [0.15, 0.2) is 119 Å². The van der Waals surface area contributed by atoms with Gasteiger partial charge < -0.3 is 11.1 Å². The van der Waals surface area contributed by atoms with Crippen LogP contribution < -0.4 is 20.5 Å². The van der Waals surface area contributed by atoms with Crippen molar-refractivity contribution < 1.29 is 21.6 Å². The number of sulfonamides is 2. The highest BCUT2D eigenvalue weighted by Crippen LogP contribution is 2.15. The van der Waals surface area contributed by atoms with Gasteiger partial charge in [0.2, 0.25) is 26.0 Å². The van der Waals surface area contributed by atoms with Crippen LogP contribution in [0.5, 0.6) is 0 Å². The molecular formula is C28H30N4O5S2. The van der Waals surface area contributed by atoms with Crippen molar-refractivity contribution in [2.24, 2.45) is 0 Å². The fraction of sp³-hybridized carbons (Fsp3) is 0.107. The van der Waals surface area contributed by atoms with Crippen LogP contribution in [0, 0.1) is 0 Å². The van der Waals surface area contributed by atoms with Crippen LogP contribution in [-0.2, 0) is 37.9 Å². The normalized spacial score (nSPS) is 11.2. The molecule has 9 nitrogen and oxygen atoms in total. The van der Waals surface area contributed by atoms with Crippen molar-refractivity contribution in [2.45, 2.75) is 29.8 Å². The van der Waals surface area contributed by atoms with Crippen LogP contribution in [0.4, 0.5) is 11.4 Å². The van der Waals surface area contributed by atoms with Gasteiger partial charge in [0.25, 0.3) is 0 Å². The average molecular weight is 567 g/mol. The van der Waals surface area contributed by atoms with Crippen LogP contribution in [0.25, 0.3) is 0 Å². The van der Waals surface area contributed by atoms with Gasteiger partial charge in [-0.25, -0.2) is 26.3 Å². The fourth-order valence-corrected chi connectivity index (χ4v) is 5.32. The molecule has 5 N–H and O–H groups in total. The zero-order valence-corrected chi connectivity index (χ0v) is 22.9. The second-order valence-corrected chi connectivity index (χ2v) is 11.9. The molecule has 0 bridgehead atoms. The minimum Gasteiger partial charge on any atom is -0.399 e. The molecule has 0 aliphatic carbocycles. The molecule has 0 fully saturated rings. The lowest BCUT2D eigenvalue weighted by Crippen LogP contribution is -2.23. The summed E-state index contributed by atoms with van der Waals surface area (Å²) in [6, 6.07) is 30.8. The van der Waals surface area contributed by atoms with E-state index in [9.17, 15) is 21.6 Å². The third-order valence-corrected chi connectivity index (χ3v) is 8.13. The van der Waals surface area contributed by atoms with Crippen molar-refractivity contribution in [3.63, 3.8) is 0 Å². The largest absolute Gasteiger partial charge is 0.399 e. The van der Waals surface area contributed by atoms with Crippen LogP contribution in [-0.4, -0.2) is 22.7 Å². The monoisotopic (exact) mass is 566 g/mol. The molecule has 4 aromatic rings. The number of hydrogen-bond donors (Lipinski definition) is 4. The van der Waals surface area contributed by atoms with Gasteiger partial charge in [0.1, 0.15) is 0 Å². The first-order valence-corrected chi connectivity index (χ1v) is 14.8. The molecule has 0 aliphatic rings. The molecule has 1 amide bonds. The Balaban J connectivity index is 0.000000218. The van der Waals surface area contributed by atoms with Crippen LogP contribution >= 0.6 is 0 Å². The Morgan fingerprint density at radius 3 is 1.38 bits per heavy atom. The average Bonchev–Trinajstić information content (AvgIpc) is 2.93. The van der Waals surface area contributed by atoms with Gasteiger partial charge in [-0.05, 0) is 59.7 Å². The minimum atomic E-state index is -3.57. The summed E-state index contributed by atoms with van der Waals surface area (Å²) in [4.78, 5) is 11.3. The lowest BCUT2D eigenvalue weighted by atomic mass is 10.2. The predicted octanol–water partition coefficient (Wildman–Crippen LogP) is 3.87. The summed E-state index contributed by atoms with van der Waals surface area (Å²) in [6.45, 7) is 1.90. The summed E-state index contributed by atoms with van der Waals surface area (Å²) in [5.41, 5.74) is 8.42. The number of carbonyl (C=O) groups is 1. The van der Waals surface area contributed by atoms with Gasteiger partial charge in [-0.1, -0.05) is 60.7 Å². The van der Waals surface area contributed by atoms with Crippen molar-refractivity contribution in [1.82, 2.24) is 9.44 Å². The molecule has 39 heavy (non-hydrogen) atoms. The number of rotatable bonds is 9. The highest BCUT2D eigenvalue weighted by molar-refractivity contribution is 7.89. The maximum absolute atomic E-state index is 12.1. The van der Waals surface area contributed by atoms with Crippen molar-refractivity contribution in [3.05, 3.63) is 120 Å². The summed E-state index contributed by atoms with van der Waals surface area (Å²) in [5.74, 6) is -0.201. The van der Waals surface area contributed by atoms with Gasteiger partial charge in [-0.3, -0.25) is 4.79 Å². The van der Waals surface area contributed by atoms with Crippen molar-refractivity contribution in [1.29, 1.82) is 0 Å². The summed E-state index contributed by atoms with van der Waals surface area (Å²) in [7, 11) is -7.05. The highest BCUT2D eigenvalue weighted by atomic mass is 32.2. The van der Waals surface area contributed by atoms with E-state index in [2.05, 4.69) is 14.8 Å². The molecule has 0 saturated carbocycles. The molecule has 0 heterocycles. The van der Waals surface area contributed by atoms with E-state index in [-0.39, 0.29) is 28.8 Å². The Labute approximate surface area is 229 Å². The smallest absolute Gasteiger partial charge is 0.240 e. The predicted molar refractivity (Wildman–Crippen MR) is 153 cm³/mol. The third kappa shape index (κ3) is 9.65. The second-order valence-electron chi connectivity index (χ2n) is 8.39. The van der Waals surface area contributed by atoms with Crippen molar-refractivity contribution in [3.8, 4) is 0 Å². The number of nitrogens with one attached hydrogen (secondary N) is 3. The van der Waals surface area contributed by atoms with E-state index in [0.717, 1.165) is 11.1 Å². The Morgan fingerprint density at radius 1 is 0.615 bits per heavy atom. The molecule has 0 unspecified atom stereocenters. The molecule has 0 radical (unpaired) electrons. The number of benzene rings is 4. The van der Waals surface area contributed by atoms with Gasteiger partial charge in [-0.15, -0.1) is 0 Å². The number of carbonyl (C=O) groups excluding carboxylic acids is 1. The molecule has 0 spiro atoms. The number of anilines is 2. The molecule has 4 aromatic carbocycles. The van der Waals surface area contributed by atoms with E-state index >= 15 is 0 Å². The molecule has 0 aromatic heterocycles. The molecule has 0 atom stereocenters. The molecule has 0 aliphatic heterocycles. The van der Waals surface area contributed by atoms with E-state index in [1.165, 1.54) is 31.2 Å². The van der Waals surface area contributed by atoms with Gasteiger partial charge in [0.05, 0.1) is 9.79 Å². The molecule has 204 valence electrons. The second kappa shape index (κ2) is 13.7. The number of hydrogen-bond acceptors (Lipinski definition) is 6. The first-order chi connectivity index (χ1) is 18.5. The van der Waals surface area contributed by atoms with E-state index in [1.54, 1.807) is 24.3 Å². The number of nitrogens with two attached hydrogens (primary N) is 1. The fourth-order valence-electron chi connectivity index (χ4n) is 3.28. The molecule has 0 saturated heterocycles. The Kier molecular flexibility index (Phi) is 10.4. The maximum Gasteiger partial charge on any atom is 0.240 e. The van der Waals surface area contributed by atoms with E-state index in [0.29, 0.717) is 11.4 Å². The summed E-state index contributed by atoms with van der Waals surface area (Å²) in [5, 5.41) is 2.59. The Morgan fingerprint density at radius 2 is 1.00 bits per heavy atom. The van der Waals surface area contributed by atoms with Gasteiger partial charge in [0.15, 0.2) is 0 Å². The lowest BCUT2D eigenvalue weighted by Gasteiger charge is -2.08. The third-order valence-electron chi connectivity index (χ3n) is 5.29. The van der Waals surface area contributed by atoms with Gasteiger partial charge in [0, 0.05) is 31.4 Å². The van der Waals surface area contributed by atoms with E-state index in [4.69, 9.17) is 5.73 Å². The SMILES string of the molecule is CC(=O)Nc1ccc(S(=O)(=O)NCc2ccccc2)cc1.Nc1ccc(S(=O)(=O)NCc2ccccc2)cc1. The van der Waals surface area contributed by atoms with E-state index < -0.39 is 20.0 Å². The van der Waals surface area contributed by atoms with Gasteiger partial charge >= 0.3 is 0 Å². The molecule has 11 heteroatoms. The Bertz CT molecular complexity index is 1560. The van der Waals surface area contributed by atoms with E-state index in [1.807, 2.05) is 60.7 Å². The minimum absolute atomic E-state index is 0.160. The maximum atomic E-state index is 12.1. The Hall–Kier alpha value is -4.03. The van der Waals surface area contributed by atoms with Gasteiger partial charge in [-0.2, -0.15) is 0 Å². The first kappa shape index (κ1) is 29.5. The van der Waals surface area contributed by atoms with Crippen LogP contribution in [0.2, 0.25) is 0 Å². The molecular weight excluding hydrogens is 536 g/mol. The summed E-state index contributed by atoms with van der Waals surface area (Å²) < 4.78 is 53.3. The van der Waals surface area contributed by atoms with Crippen LogP contribution in [0.3, 0.4) is 0 Å². The standard InChI is InChI=1S/C15H16N2O3S.C13H14N2O2S/c1-12(18)17-14-7-9-15(10-8-14)21(19,20)16-11-13-5-3-2-4-6-13;14-12-6-8-13(9-7-12)18(16,17)15-10-11-4-2-1-3-5-11/h2-10,16H,11H2,1H3,(H,17,18);1-9,15H,10,14H2. The zero-order valence-electron chi connectivity index (χ0n) is 21.2. The quantitative estimate of drug-likeness (QED) is 0.226. The summed E-state index contributed by atoms with van der Waals surface area (Å²) in [6.07, 6.45) is 0. The zero-order chi connectivity index (χ0) is 28.3. The summed E-state index contributed by atoms with van der Waals surface area (Å²) >= 11 is 0. The number of nitrogen functional groups attached to an aromatic ring is 1. The number of amides is 1. The topological polar surface area (TPSA) is 147 Å². The van der Waals surface area contributed by atoms with Crippen LogP contribution in [0.1, 0.15) is 18.1 Å². The lowest BCUT2D eigenvalue weighted by molar-refractivity contribution is -0.114. The van der Waals surface area contributed by atoms with Crippen molar-refractivity contribution in [2.75, 3.05) is 11.1 Å². The molecule has 4 rings (SSSR count). The highest BCUT2D eigenvalue weighted by Gasteiger charge is 2.14.